The fourth-order valence-corrected chi connectivity index (χ4v) is 4.55. The Morgan fingerprint density at radius 1 is 1.24 bits per heavy atom. The number of benzene rings is 1. The van der Waals surface area contributed by atoms with E-state index in [-0.39, 0.29) is 5.41 Å². The number of hydrogen-bond donors (Lipinski definition) is 3. The highest BCUT2D eigenvalue weighted by molar-refractivity contribution is 6.39. The average molecular weight is 343 g/mol. The monoisotopic (exact) mass is 343 g/mol. The van der Waals surface area contributed by atoms with Crippen molar-refractivity contribution in [1.29, 1.82) is 0 Å². The molecule has 6 nitrogen and oxygen atoms in total. The van der Waals surface area contributed by atoms with Gasteiger partial charge in [-0.05, 0) is 42.7 Å². The Kier molecular flexibility index (Phi) is 4.04. The molecule has 2 aliphatic carbocycles. The van der Waals surface area contributed by atoms with Crippen molar-refractivity contribution in [3.63, 3.8) is 0 Å². The van der Waals surface area contributed by atoms with Crippen LogP contribution in [0.1, 0.15) is 36.8 Å². The first kappa shape index (κ1) is 16.5. The summed E-state index contributed by atoms with van der Waals surface area (Å²) in [6.07, 6.45) is 5.54. The normalized spacial score (nSPS) is 25.6. The van der Waals surface area contributed by atoms with Crippen molar-refractivity contribution in [2.75, 3.05) is 25.0 Å². The molecule has 2 saturated carbocycles. The van der Waals surface area contributed by atoms with Crippen molar-refractivity contribution in [3.8, 4) is 0 Å². The lowest BCUT2D eigenvalue weighted by Crippen LogP contribution is -2.43. The van der Waals surface area contributed by atoms with Crippen molar-refractivity contribution in [2.45, 2.75) is 38.7 Å². The fourth-order valence-electron chi connectivity index (χ4n) is 4.55. The Hall–Kier alpha value is -1.92. The van der Waals surface area contributed by atoms with E-state index in [0.29, 0.717) is 37.4 Å². The predicted molar refractivity (Wildman–Crippen MR) is 93.8 cm³/mol. The summed E-state index contributed by atoms with van der Waals surface area (Å²) in [5.41, 5.74) is 9.07. The number of anilines is 1. The summed E-state index contributed by atoms with van der Waals surface area (Å²) in [5, 5.41) is 5.53. The van der Waals surface area contributed by atoms with E-state index in [1.165, 1.54) is 19.3 Å². The molecule has 0 aromatic heterocycles. The van der Waals surface area contributed by atoms with Crippen LogP contribution in [0.25, 0.3) is 0 Å². The van der Waals surface area contributed by atoms with E-state index >= 15 is 0 Å². The Labute approximate surface area is 147 Å². The quantitative estimate of drug-likeness (QED) is 0.719. The van der Waals surface area contributed by atoms with E-state index in [0.717, 1.165) is 24.0 Å². The zero-order valence-corrected chi connectivity index (χ0v) is 14.4. The van der Waals surface area contributed by atoms with Gasteiger partial charge in [0.05, 0.1) is 13.2 Å². The van der Waals surface area contributed by atoms with Gasteiger partial charge in [-0.15, -0.1) is 0 Å². The molecule has 6 heteroatoms. The van der Waals surface area contributed by atoms with Crippen LogP contribution in [0.15, 0.2) is 18.2 Å². The van der Waals surface area contributed by atoms with Crippen LogP contribution in [0, 0.1) is 10.8 Å². The summed E-state index contributed by atoms with van der Waals surface area (Å²) in [6.45, 7) is 2.21. The van der Waals surface area contributed by atoms with Gasteiger partial charge in [0.1, 0.15) is 0 Å². The second-order valence-corrected chi connectivity index (χ2v) is 7.68. The second kappa shape index (κ2) is 6.11. The summed E-state index contributed by atoms with van der Waals surface area (Å²) in [4.78, 5) is 24.5. The third-order valence-electron chi connectivity index (χ3n) is 6.46. The van der Waals surface area contributed by atoms with Crippen LogP contribution in [0.3, 0.4) is 0 Å². The molecular weight excluding hydrogens is 318 g/mol. The maximum absolute atomic E-state index is 12.3. The SMILES string of the molecule is NCC1(CNC(=O)C(=O)Nc2cccc3c2COCC3)CC12CCC2. The van der Waals surface area contributed by atoms with Gasteiger partial charge < -0.3 is 21.1 Å². The van der Waals surface area contributed by atoms with Gasteiger partial charge in [0.2, 0.25) is 0 Å². The maximum atomic E-state index is 12.3. The van der Waals surface area contributed by atoms with Crippen LogP contribution in [-0.4, -0.2) is 31.5 Å². The molecule has 1 aromatic carbocycles. The first-order valence-electron chi connectivity index (χ1n) is 9.07. The third kappa shape index (κ3) is 2.73. The molecule has 0 radical (unpaired) electrons. The van der Waals surface area contributed by atoms with Gasteiger partial charge in [-0.2, -0.15) is 0 Å². The molecule has 0 bridgehead atoms. The minimum absolute atomic E-state index is 0.000934. The van der Waals surface area contributed by atoms with E-state index in [4.69, 9.17) is 10.5 Å². The molecule has 25 heavy (non-hydrogen) atoms. The number of rotatable bonds is 4. The van der Waals surface area contributed by atoms with Crippen molar-refractivity contribution in [2.24, 2.45) is 16.6 Å². The van der Waals surface area contributed by atoms with Crippen LogP contribution in [0.5, 0.6) is 0 Å². The molecule has 2 fully saturated rings. The Morgan fingerprint density at radius 2 is 2.08 bits per heavy atom. The van der Waals surface area contributed by atoms with Crippen LogP contribution in [-0.2, 0) is 27.4 Å². The van der Waals surface area contributed by atoms with Crippen molar-refractivity contribution in [3.05, 3.63) is 29.3 Å². The molecule has 1 atom stereocenters. The van der Waals surface area contributed by atoms with Crippen molar-refractivity contribution >= 4 is 17.5 Å². The molecule has 3 aliphatic rings. The number of hydrogen-bond acceptors (Lipinski definition) is 4. The zero-order valence-electron chi connectivity index (χ0n) is 14.4. The van der Waals surface area contributed by atoms with Crippen LogP contribution in [0.4, 0.5) is 5.69 Å². The van der Waals surface area contributed by atoms with Gasteiger partial charge in [-0.1, -0.05) is 18.6 Å². The minimum atomic E-state index is -0.630. The summed E-state index contributed by atoms with van der Waals surface area (Å²) < 4.78 is 5.47. The smallest absolute Gasteiger partial charge is 0.313 e. The highest BCUT2D eigenvalue weighted by Crippen LogP contribution is 2.73. The largest absolute Gasteiger partial charge is 0.376 e. The lowest BCUT2D eigenvalue weighted by molar-refractivity contribution is -0.136. The molecule has 1 aliphatic heterocycles. The molecular formula is C19H25N3O3. The first-order valence-corrected chi connectivity index (χ1v) is 9.07. The van der Waals surface area contributed by atoms with Crippen LogP contribution in [0.2, 0.25) is 0 Å². The number of fused-ring (bicyclic) bond motifs is 1. The molecule has 4 N–H and O–H groups in total. The lowest BCUT2D eigenvalue weighted by Gasteiger charge is -2.32. The number of nitrogens with one attached hydrogen (secondary N) is 2. The van der Waals surface area contributed by atoms with E-state index in [2.05, 4.69) is 10.6 Å². The molecule has 1 heterocycles. The fraction of sp³-hybridized carbons (Fsp3) is 0.579. The van der Waals surface area contributed by atoms with Crippen LogP contribution >= 0.6 is 0 Å². The molecule has 1 aromatic rings. The van der Waals surface area contributed by atoms with Gasteiger partial charge in [0, 0.05) is 29.8 Å². The Balaban J connectivity index is 1.36. The summed E-state index contributed by atoms with van der Waals surface area (Å²) in [5.74, 6) is -1.22. The highest BCUT2D eigenvalue weighted by atomic mass is 16.5. The highest BCUT2D eigenvalue weighted by Gasteiger charge is 2.68. The number of carbonyl (C=O) groups is 2. The summed E-state index contributed by atoms with van der Waals surface area (Å²) in [7, 11) is 0. The standard InChI is InChI=1S/C19H25N3O3/c20-11-19(10-18(19)6-2-7-18)12-21-16(23)17(24)22-15-4-1-3-13-5-8-25-9-14(13)15/h1,3-4H,2,5-12,20H2,(H,21,23)(H,22,24). The lowest BCUT2D eigenvalue weighted by atomic mass is 9.75. The second-order valence-electron chi connectivity index (χ2n) is 7.68. The van der Waals surface area contributed by atoms with Gasteiger partial charge in [-0.3, -0.25) is 9.59 Å². The number of nitrogens with two attached hydrogens (primary N) is 1. The number of ether oxygens (including phenoxy) is 1. The molecule has 2 amide bonds. The van der Waals surface area contributed by atoms with E-state index in [1.807, 2.05) is 18.2 Å². The maximum Gasteiger partial charge on any atom is 0.313 e. The van der Waals surface area contributed by atoms with Gasteiger partial charge in [0.25, 0.3) is 0 Å². The molecule has 4 rings (SSSR count). The minimum Gasteiger partial charge on any atom is -0.376 e. The molecule has 0 saturated heterocycles. The molecule has 1 spiro atoms. The summed E-state index contributed by atoms with van der Waals surface area (Å²) in [6, 6.07) is 5.74. The zero-order chi connectivity index (χ0) is 17.5. The first-order chi connectivity index (χ1) is 12.1. The third-order valence-corrected chi connectivity index (χ3v) is 6.46. The van der Waals surface area contributed by atoms with Crippen LogP contribution < -0.4 is 16.4 Å². The predicted octanol–water partition coefficient (Wildman–Crippen LogP) is 1.33. The number of amides is 2. The van der Waals surface area contributed by atoms with Gasteiger partial charge in [-0.25, -0.2) is 0 Å². The van der Waals surface area contributed by atoms with Gasteiger partial charge in [0.15, 0.2) is 0 Å². The van der Waals surface area contributed by atoms with Crippen molar-refractivity contribution in [1.82, 2.24) is 5.32 Å². The van der Waals surface area contributed by atoms with E-state index < -0.39 is 11.8 Å². The molecule has 1 unspecified atom stereocenters. The van der Waals surface area contributed by atoms with E-state index in [9.17, 15) is 9.59 Å². The number of carbonyl (C=O) groups excluding carboxylic acids is 2. The Bertz CT molecular complexity index is 714. The Morgan fingerprint density at radius 3 is 2.76 bits per heavy atom. The topological polar surface area (TPSA) is 93.5 Å². The molecule has 134 valence electrons. The van der Waals surface area contributed by atoms with Gasteiger partial charge >= 0.3 is 11.8 Å². The summed E-state index contributed by atoms with van der Waals surface area (Å²) >= 11 is 0. The average Bonchev–Trinajstić information content (AvgIpc) is 3.30. The van der Waals surface area contributed by atoms with E-state index in [1.54, 1.807) is 0 Å². The van der Waals surface area contributed by atoms with Crippen molar-refractivity contribution < 1.29 is 14.3 Å².